The highest BCUT2D eigenvalue weighted by Crippen LogP contribution is 2.08. The molecule has 0 spiro atoms. The molecule has 0 aliphatic heterocycles. The Hall–Kier alpha value is -0.860. The first-order valence-electron chi connectivity index (χ1n) is 5.62. The molecular weight excluding hydrogens is 176 g/mol. The second-order valence-electron chi connectivity index (χ2n) is 3.73. The molecule has 0 unspecified atom stereocenters. The lowest BCUT2D eigenvalue weighted by Gasteiger charge is -1.97. The summed E-state index contributed by atoms with van der Waals surface area (Å²) in [4.78, 5) is 0. The van der Waals surface area contributed by atoms with Gasteiger partial charge in [-0.05, 0) is 6.42 Å². The fourth-order valence-corrected chi connectivity index (χ4v) is 1.50. The molecule has 0 atom stereocenters. The SMILES string of the molecule is CCCCCCCCc1nnc(C)o1. The molecule has 1 rings (SSSR count). The van der Waals surface area contributed by atoms with E-state index in [-0.39, 0.29) is 0 Å². The average molecular weight is 196 g/mol. The minimum atomic E-state index is 0.672. The zero-order chi connectivity index (χ0) is 10.2. The van der Waals surface area contributed by atoms with Crippen molar-refractivity contribution in [1.29, 1.82) is 0 Å². The smallest absolute Gasteiger partial charge is 0.216 e. The lowest BCUT2D eigenvalue weighted by atomic mass is 10.1. The van der Waals surface area contributed by atoms with E-state index in [1.807, 2.05) is 6.92 Å². The summed E-state index contributed by atoms with van der Waals surface area (Å²) in [6.07, 6.45) is 8.75. The van der Waals surface area contributed by atoms with Crippen LogP contribution in [0.2, 0.25) is 0 Å². The number of nitrogens with zero attached hydrogens (tertiary/aromatic N) is 2. The van der Waals surface area contributed by atoms with Gasteiger partial charge in [-0.25, -0.2) is 0 Å². The van der Waals surface area contributed by atoms with Gasteiger partial charge in [-0.15, -0.1) is 10.2 Å². The van der Waals surface area contributed by atoms with Gasteiger partial charge in [0.05, 0.1) is 0 Å². The van der Waals surface area contributed by atoms with Gasteiger partial charge in [0.15, 0.2) is 0 Å². The molecule has 80 valence electrons. The quantitative estimate of drug-likeness (QED) is 0.628. The molecule has 0 bridgehead atoms. The zero-order valence-corrected chi connectivity index (χ0v) is 9.25. The normalized spacial score (nSPS) is 10.7. The number of hydrogen-bond acceptors (Lipinski definition) is 3. The van der Waals surface area contributed by atoms with E-state index < -0.39 is 0 Å². The Morgan fingerprint density at radius 2 is 1.71 bits per heavy atom. The molecule has 0 radical (unpaired) electrons. The van der Waals surface area contributed by atoms with E-state index in [1.54, 1.807) is 0 Å². The summed E-state index contributed by atoms with van der Waals surface area (Å²) < 4.78 is 5.29. The van der Waals surface area contributed by atoms with Crippen molar-refractivity contribution in [2.24, 2.45) is 0 Å². The van der Waals surface area contributed by atoms with Crippen LogP contribution in [0.4, 0.5) is 0 Å². The second kappa shape index (κ2) is 6.57. The van der Waals surface area contributed by atoms with E-state index in [0.29, 0.717) is 5.89 Å². The highest BCUT2D eigenvalue weighted by Gasteiger charge is 2.00. The van der Waals surface area contributed by atoms with Crippen LogP contribution in [0, 0.1) is 6.92 Å². The summed E-state index contributed by atoms with van der Waals surface area (Å²) in [5.41, 5.74) is 0. The molecule has 1 heterocycles. The van der Waals surface area contributed by atoms with Gasteiger partial charge in [0.25, 0.3) is 0 Å². The van der Waals surface area contributed by atoms with Crippen molar-refractivity contribution in [2.75, 3.05) is 0 Å². The Kier molecular flexibility index (Phi) is 5.27. The maximum atomic E-state index is 5.29. The van der Waals surface area contributed by atoms with Crippen molar-refractivity contribution in [3.63, 3.8) is 0 Å². The van der Waals surface area contributed by atoms with Crippen molar-refractivity contribution in [1.82, 2.24) is 10.2 Å². The van der Waals surface area contributed by atoms with Gasteiger partial charge in [-0.3, -0.25) is 0 Å². The Balaban J connectivity index is 1.99. The van der Waals surface area contributed by atoms with E-state index in [2.05, 4.69) is 17.1 Å². The molecule has 0 aliphatic rings. The molecule has 3 heteroatoms. The van der Waals surface area contributed by atoms with Gasteiger partial charge < -0.3 is 4.42 Å². The Morgan fingerprint density at radius 3 is 2.36 bits per heavy atom. The monoisotopic (exact) mass is 196 g/mol. The highest BCUT2D eigenvalue weighted by molar-refractivity contribution is 4.78. The third-order valence-electron chi connectivity index (χ3n) is 2.31. The van der Waals surface area contributed by atoms with Crippen LogP contribution in [0.3, 0.4) is 0 Å². The number of rotatable bonds is 7. The number of unbranched alkanes of at least 4 members (excludes halogenated alkanes) is 5. The summed E-state index contributed by atoms with van der Waals surface area (Å²) in [5, 5.41) is 7.76. The van der Waals surface area contributed by atoms with E-state index in [1.165, 1.54) is 38.5 Å². The predicted octanol–water partition coefficient (Wildman–Crippen LogP) is 3.28. The minimum absolute atomic E-state index is 0.672. The molecule has 14 heavy (non-hydrogen) atoms. The van der Waals surface area contributed by atoms with Crippen molar-refractivity contribution in [3.8, 4) is 0 Å². The number of hydrogen-bond donors (Lipinski definition) is 0. The topological polar surface area (TPSA) is 38.9 Å². The Morgan fingerprint density at radius 1 is 1.00 bits per heavy atom. The summed E-state index contributed by atoms with van der Waals surface area (Å²) >= 11 is 0. The van der Waals surface area contributed by atoms with Crippen LogP contribution in [-0.2, 0) is 6.42 Å². The molecule has 0 saturated carbocycles. The molecule has 0 fully saturated rings. The summed E-state index contributed by atoms with van der Waals surface area (Å²) in [7, 11) is 0. The molecule has 0 N–H and O–H groups in total. The summed E-state index contributed by atoms with van der Waals surface area (Å²) in [6, 6.07) is 0. The standard InChI is InChI=1S/C11H20N2O/c1-3-4-5-6-7-8-9-11-13-12-10(2)14-11/h3-9H2,1-2H3. The lowest BCUT2D eigenvalue weighted by molar-refractivity contribution is 0.455. The molecule has 0 aliphatic carbocycles. The van der Waals surface area contributed by atoms with Crippen LogP contribution < -0.4 is 0 Å². The fraction of sp³-hybridized carbons (Fsp3) is 0.818. The number of aryl methyl sites for hydroxylation is 2. The fourth-order valence-electron chi connectivity index (χ4n) is 1.50. The van der Waals surface area contributed by atoms with Gasteiger partial charge in [0, 0.05) is 13.3 Å². The predicted molar refractivity (Wildman–Crippen MR) is 56.1 cm³/mol. The zero-order valence-electron chi connectivity index (χ0n) is 9.25. The first-order valence-corrected chi connectivity index (χ1v) is 5.62. The van der Waals surface area contributed by atoms with Crippen LogP contribution in [0.5, 0.6) is 0 Å². The first-order chi connectivity index (χ1) is 6.83. The van der Waals surface area contributed by atoms with Gasteiger partial charge in [-0.1, -0.05) is 39.0 Å². The second-order valence-corrected chi connectivity index (χ2v) is 3.73. The van der Waals surface area contributed by atoms with Crippen molar-refractivity contribution in [2.45, 2.75) is 58.8 Å². The van der Waals surface area contributed by atoms with Crippen LogP contribution in [-0.4, -0.2) is 10.2 Å². The number of aromatic nitrogens is 2. The van der Waals surface area contributed by atoms with Crippen molar-refractivity contribution >= 4 is 0 Å². The maximum absolute atomic E-state index is 5.29. The van der Waals surface area contributed by atoms with E-state index in [0.717, 1.165) is 12.3 Å². The van der Waals surface area contributed by atoms with Gasteiger partial charge >= 0.3 is 0 Å². The van der Waals surface area contributed by atoms with Crippen LogP contribution in [0.1, 0.15) is 57.2 Å². The highest BCUT2D eigenvalue weighted by atomic mass is 16.4. The van der Waals surface area contributed by atoms with Crippen LogP contribution in [0.15, 0.2) is 4.42 Å². The van der Waals surface area contributed by atoms with E-state index in [4.69, 9.17) is 4.42 Å². The van der Waals surface area contributed by atoms with Crippen LogP contribution in [0.25, 0.3) is 0 Å². The lowest BCUT2D eigenvalue weighted by Crippen LogP contribution is -1.86. The molecule has 0 aromatic carbocycles. The van der Waals surface area contributed by atoms with Crippen LogP contribution >= 0.6 is 0 Å². The van der Waals surface area contributed by atoms with E-state index in [9.17, 15) is 0 Å². The largest absolute Gasteiger partial charge is 0.426 e. The Labute approximate surface area is 85.9 Å². The van der Waals surface area contributed by atoms with Gasteiger partial charge in [0.2, 0.25) is 11.8 Å². The average Bonchev–Trinajstić information content (AvgIpc) is 2.58. The Bertz CT molecular complexity index is 245. The van der Waals surface area contributed by atoms with Gasteiger partial charge in [0.1, 0.15) is 0 Å². The van der Waals surface area contributed by atoms with E-state index >= 15 is 0 Å². The molecule has 3 nitrogen and oxygen atoms in total. The third kappa shape index (κ3) is 4.40. The minimum Gasteiger partial charge on any atom is -0.426 e. The molecule has 0 amide bonds. The summed E-state index contributed by atoms with van der Waals surface area (Å²) in [6.45, 7) is 4.07. The molecule has 1 aromatic heterocycles. The van der Waals surface area contributed by atoms with Gasteiger partial charge in [-0.2, -0.15) is 0 Å². The molecular formula is C11H20N2O. The van der Waals surface area contributed by atoms with Crippen molar-refractivity contribution < 1.29 is 4.42 Å². The molecule has 0 saturated heterocycles. The third-order valence-corrected chi connectivity index (χ3v) is 2.31. The van der Waals surface area contributed by atoms with Crippen molar-refractivity contribution in [3.05, 3.63) is 11.8 Å². The summed E-state index contributed by atoms with van der Waals surface area (Å²) in [5.74, 6) is 1.46. The molecule has 1 aromatic rings. The first kappa shape index (κ1) is 11.2. The maximum Gasteiger partial charge on any atom is 0.216 e.